The lowest BCUT2D eigenvalue weighted by Crippen LogP contribution is -2.42. The number of anilines is 1. The maximum absolute atomic E-state index is 5.86. The van der Waals surface area contributed by atoms with Gasteiger partial charge in [-0.1, -0.05) is 0 Å². The van der Waals surface area contributed by atoms with Crippen molar-refractivity contribution in [3.63, 3.8) is 0 Å². The number of rotatable bonds is 4. The van der Waals surface area contributed by atoms with Gasteiger partial charge in [-0.15, -0.1) is 0 Å². The molecule has 1 aromatic rings. The highest BCUT2D eigenvalue weighted by Crippen LogP contribution is 2.34. The van der Waals surface area contributed by atoms with E-state index in [9.17, 15) is 0 Å². The Morgan fingerprint density at radius 3 is 2.42 bits per heavy atom. The minimum absolute atomic E-state index is 0.429. The monoisotopic (exact) mass is 262 g/mol. The molecule has 0 amide bonds. The zero-order chi connectivity index (χ0) is 14.2. The molecule has 0 aromatic heterocycles. The van der Waals surface area contributed by atoms with E-state index >= 15 is 0 Å². The normalized spacial score (nSPS) is 22.0. The van der Waals surface area contributed by atoms with Gasteiger partial charge in [-0.2, -0.15) is 0 Å². The molecule has 0 atom stereocenters. The summed E-state index contributed by atoms with van der Waals surface area (Å²) in [5.74, 6) is 1.77. The molecule has 1 aliphatic rings. The Morgan fingerprint density at radius 2 is 1.89 bits per heavy atom. The molecule has 106 valence electrons. The summed E-state index contributed by atoms with van der Waals surface area (Å²) in [7, 11) is 3.92. The van der Waals surface area contributed by atoms with E-state index in [2.05, 4.69) is 38.8 Å². The number of hydrogen-bond acceptors (Lipinski definition) is 3. The van der Waals surface area contributed by atoms with Crippen molar-refractivity contribution in [1.29, 1.82) is 0 Å². The molecule has 0 spiro atoms. The Hall–Kier alpha value is -1.22. The highest BCUT2D eigenvalue weighted by atomic mass is 16.5. The van der Waals surface area contributed by atoms with Gasteiger partial charge in [0, 0.05) is 25.3 Å². The van der Waals surface area contributed by atoms with Crippen LogP contribution in [0.25, 0.3) is 0 Å². The van der Waals surface area contributed by atoms with Crippen LogP contribution in [0, 0.1) is 26.7 Å². The molecule has 0 aliphatic heterocycles. The first-order valence-electron chi connectivity index (χ1n) is 7.05. The molecular weight excluding hydrogens is 236 g/mol. The van der Waals surface area contributed by atoms with Crippen LogP contribution in [0.3, 0.4) is 0 Å². The van der Waals surface area contributed by atoms with Crippen LogP contribution in [0.5, 0.6) is 5.75 Å². The summed E-state index contributed by atoms with van der Waals surface area (Å²) in [6.45, 7) is 7.52. The van der Waals surface area contributed by atoms with Gasteiger partial charge in [-0.25, -0.2) is 0 Å². The summed E-state index contributed by atoms with van der Waals surface area (Å²) in [6.07, 6.45) is 2.33. The fourth-order valence-electron chi connectivity index (χ4n) is 3.17. The van der Waals surface area contributed by atoms with Gasteiger partial charge in [-0.05, 0) is 62.3 Å². The molecule has 0 radical (unpaired) electrons. The summed E-state index contributed by atoms with van der Waals surface area (Å²) in [6, 6.07) is 2.67. The number of nitrogens with zero attached hydrogens (tertiary/aromatic N) is 1. The third-order valence-electron chi connectivity index (χ3n) is 4.42. The zero-order valence-corrected chi connectivity index (χ0v) is 12.8. The van der Waals surface area contributed by atoms with Gasteiger partial charge in [-0.3, -0.25) is 0 Å². The Balaban J connectivity index is 2.19. The lowest BCUT2D eigenvalue weighted by Gasteiger charge is -2.36. The fraction of sp³-hybridized carbons (Fsp3) is 0.625. The van der Waals surface area contributed by atoms with Gasteiger partial charge in [0.1, 0.15) is 5.75 Å². The van der Waals surface area contributed by atoms with Gasteiger partial charge in [0.2, 0.25) is 0 Å². The van der Waals surface area contributed by atoms with Crippen LogP contribution < -0.4 is 15.4 Å². The minimum Gasteiger partial charge on any atom is -0.496 e. The Morgan fingerprint density at radius 1 is 1.26 bits per heavy atom. The van der Waals surface area contributed by atoms with Crippen LogP contribution in [0.15, 0.2) is 6.07 Å². The minimum atomic E-state index is 0.429. The molecule has 0 saturated heterocycles. The van der Waals surface area contributed by atoms with Crippen molar-refractivity contribution in [1.82, 2.24) is 0 Å². The fourth-order valence-corrected chi connectivity index (χ4v) is 3.17. The van der Waals surface area contributed by atoms with Crippen molar-refractivity contribution in [3.8, 4) is 5.75 Å². The molecule has 2 N–H and O–H groups in total. The summed E-state index contributed by atoms with van der Waals surface area (Å²) in [5, 5.41) is 0. The van der Waals surface area contributed by atoms with Crippen LogP contribution >= 0.6 is 0 Å². The van der Waals surface area contributed by atoms with E-state index in [1.54, 1.807) is 7.11 Å². The van der Waals surface area contributed by atoms with Crippen molar-refractivity contribution >= 4 is 5.69 Å². The molecule has 1 saturated carbocycles. The van der Waals surface area contributed by atoms with Crippen LogP contribution in [-0.2, 0) is 0 Å². The van der Waals surface area contributed by atoms with Gasteiger partial charge >= 0.3 is 0 Å². The molecule has 1 fully saturated rings. The van der Waals surface area contributed by atoms with E-state index in [0.717, 1.165) is 31.1 Å². The van der Waals surface area contributed by atoms with Crippen molar-refractivity contribution in [2.45, 2.75) is 39.7 Å². The Bertz CT molecular complexity index is 464. The summed E-state index contributed by atoms with van der Waals surface area (Å²) in [5.41, 5.74) is 10.9. The largest absolute Gasteiger partial charge is 0.496 e. The molecule has 1 aromatic carbocycles. The van der Waals surface area contributed by atoms with Crippen molar-refractivity contribution in [3.05, 3.63) is 22.8 Å². The first kappa shape index (κ1) is 14.2. The maximum Gasteiger partial charge on any atom is 0.125 e. The van der Waals surface area contributed by atoms with E-state index in [4.69, 9.17) is 10.5 Å². The number of methoxy groups -OCH3 is 1. The maximum atomic E-state index is 5.86. The van der Waals surface area contributed by atoms with Crippen LogP contribution in [-0.4, -0.2) is 26.7 Å². The smallest absolute Gasteiger partial charge is 0.125 e. The highest BCUT2D eigenvalue weighted by Gasteiger charge is 2.27. The Labute approximate surface area is 116 Å². The van der Waals surface area contributed by atoms with Crippen molar-refractivity contribution in [2.75, 3.05) is 25.6 Å². The number of hydrogen-bond donors (Lipinski definition) is 1. The predicted octanol–water partition coefficient (Wildman–Crippen LogP) is 2.79. The van der Waals surface area contributed by atoms with Gasteiger partial charge in [0.15, 0.2) is 0 Å². The standard InChI is InChI=1S/C16H26N2O/c1-10-6-15(11(2)12(3)16(10)19-5)18(4)9-13-7-14(17)8-13/h6,13-14H,7-9,17H2,1-5H3. The average molecular weight is 262 g/mol. The van der Waals surface area contributed by atoms with Crippen LogP contribution in [0.4, 0.5) is 5.69 Å². The SMILES string of the molecule is COc1c(C)cc(N(C)CC2CC(N)C2)c(C)c1C. The predicted molar refractivity (Wildman–Crippen MR) is 81.2 cm³/mol. The van der Waals surface area contributed by atoms with Crippen LogP contribution in [0.2, 0.25) is 0 Å². The van der Waals surface area contributed by atoms with Crippen molar-refractivity contribution < 1.29 is 4.74 Å². The molecular formula is C16H26N2O. The molecule has 2 rings (SSSR count). The summed E-state index contributed by atoms with van der Waals surface area (Å²) < 4.78 is 5.48. The average Bonchev–Trinajstić information content (AvgIpc) is 2.32. The van der Waals surface area contributed by atoms with E-state index in [1.165, 1.54) is 22.4 Å². The summed E-state index contributed by atoms with van der Waals surface area (Å²) in [4.78, 5) is 2.37. The van der Waals surface area contributed by atoms with E-state index in [1.807, 2.05) is 0 Å². The summed E-state index contributed by atoms with van der Waals surface area (Å²) >= 11 is 0. The topological polar surface area (TPSA) is 38.5 Å². The molecule has 0 bridgehead atoms. The lowest BCUT2D eigenvalue weighted by molar-refractivity contribution is 0.271. The van der Waals surface area contributed by atoms with E-state index in [0.29, 0.717) is 6.04 Å². The molecule has 19 heavy (non-hydrogen) atoms. The molecule has 1 aliphatic carbocycles. The zero-order valence-electron chi connectivity index (χ0n) is 12.8. The molecule has 3 nitrogen and oxygen atoms in total. The second-order valence-electron chi connectivity index (χ2n) is 5.97. The third kappa shape index (κ3) is 2.71. The van der Waals surface area contributed by atoms with Gasteiger partial charge in [0.05, 0.1) is 7.11 Å². The number of nitrogens with two attached hydrogens (primary N) is 1. The van der Waals surface area contributed by atoms with Gasteiger partial charge < -0.3 is 15.4 Å². The first-order chi connectivity index (χ1) is 8.93. The lowest BCUT2D eigenvalue weighted by atomic mass is 9.80. The Kier molecular flexibility index (Phi) is 4.04. The van der Waals surface area contributed by atoms with Crippen molar-refractivity contribution in [2.24, 2.45) is 11.7 Å². The third-order valence-corrected chi connectivity index (χ3v) is 4.42. The van der Waals surface area contributed by atoms with Gasteiger partial charge in [0.25, 0.3) is 0 Å². The molecule has 0 unspecified atom stereocenters. The number of aryl methyl sites for hydroxylation is 1. The van der Waals surface area contributed by atoms with E-state index < -0.39 is 0 Å². The first-order valence-corrected chi connectivity index (χ1v) is 7.05. The second kappa shape index (κ2) is 5.41. The quantitative estimate of drug-likeness (QED) is 0.907. The molecule has 0 heterocycles. The van der Waals surface area contributed by atoms with E-state index in [-0.39, 0.29) is 0 Å². The number of ether oxygens (including phenoxy) is 1. The second-order valence-corrected chi connectivity index (χ2v) is 5.97. The van der Waals surface area contributed by atoms with Crippen LogP contribution in [0.1, 0.15) is 29.5 Å². The molecule has 3 heteroatoms. The highest BCUT2D eigenvalue weighted by molar-refractivity contribution is 5.62. The number of benzene rings is 1.